The predicted molar refractivity (Wildman–Crippen MR) is 63.9 cm³/mol. The number of rotatable bonds is 2. The Morgan fingerprint density at radius 2 is 2.18 bits per heavy atom. The topological polar surface area (TPSA) is 92.6 Å². The van der Waals surface area contributed by atoms with Crippen LogP contribution in [0.15, 0.2) is 24.3 Å². The molecule has 0 aliphatic carbocycles. The van der Waals surface area contributed by atoms with Gasteiger partial charge in [0.2, 0.25) is 5.88 Å². The summed E-state index contributed by atoms with van der Waals surface area (Å²) in [4.78, 5) is 7.30. The monoisotopic (exact) mass is 229 g/mol. The van der Waals surface area contributed by atoms with Crippen LogP contribution < -0.4 is 10.5 Å². The maximum atomic E-state index is 5.68. The van der Waals surface area contributed by atoms with Gasteiger partial charge in [-0.3, -0.25) is 5.10 Å². The number of ether oxygens (including phenoxy) is 1. The molecular formula is C11H11N5O. The average molecular weight is 229 g/mol. The number of nitrogens with one attached hydrogen (secondary N) is 2. The van der Waals surface area contributed by atoms with Gasteiger partial charge < -0.3 is 15.5 Å². The second-order valence-electron chi connectivity index (χ2n) is 3.81. The summed E-state index contributed by atoms with van der Waals surface area (Å²) in [7, 11) is 0. The van der Waals surface area contributed by atoms with Crippen molar-refractivity contribution in [3.05, 3.63) is 30.0 Å². The van der Waals surface area contributed by atoms with Gasteiger partial charge in [0, 0.05) is 17.4 Å². The normalized spacial score (nSPS) is 10.9. The van der Waals surface area contributed by atoms with E-state index in [0.29, 0.717) is 17.6 Å². The maximum Gasteiger partial charge on any atom is 0.301 e. The second kappa shape index (κ2) is 3.51. The molecule has 6 nitrogen and oxygen atoms in total. The number of hydrogen-bond acceptors (Lipinski definition) is 4. The van der Waals surface area contributed by atoms with Crippen molar-refractivity contribution < 1.29 is 4.74 Å². The summed E-state index contributed by atoms with van der Waals surface area (Å²) in [6.07, 6.45) is 0. The van der Waals surface area contributed by atoms with Crippen LogP contribution in [0.1, 0.15) is 5.69 Å². The van der Waals surface area contributed by atoms with Gasteiger partial charge in [0.05, 0.1) is 11.0 Å². The first-order chi connectivity index (χ1) is 8.20. The van der Waals surface area contributed by atoms with Crippen molar-refractivity contribution in [1.82, 2.24) is 20.2 Å². The highest BCUT2D eigenvalue weighted by Crippen LogP contribution is 2.21. The summed E-state index contributed by atoms with van der Waals surface area (Å²) < 4.78 is 5.47. The smallest absolute Gasteiger partial charge is 0.301 e. The van der Waals surface area contributed by atoms with Crippen molar-refractivity contribution in [3.63, 3.8) is 0 Å². The van der Waals surface area contributed by atoms with Crippen molar-refractivity contribution in [2.75, 3.05) is 5.73 Å². The Bertz CT molecular complexity index is 669. The third kappa shape index (κ3) is 1.80. The molecule has 0 atom stereocenters. The Balaban J connectivity index is 1.95. The standard InChI is InChI=1S/C11H11N5O/c1-6-4-10(16-15-6)17-11-13-8-3-2-7(12)5-9(8)14-11/h2-5H,12H2,1H3,(H,13,14)(H,15,16). The van der Waals surface area contributed by atoms with E-state index >= 15 is 0 Å². The third-order valence-electron chi connectivity index (χ3n) is 2.37. The number of anilines is 1. The fourth-order valence-electron chi connectivity index (χ4n) is 1.60. The highest BCUT2D eigenvalue weighted by Gasteiger charge is 2.06. The van der Waals surface area contributed by atoms with Crippen molar-refractivity contribution >= 4 is 16.7 Å². The van der Waals surface area contributed by atoms with Crippen LogP contribution in [-0.2, 0) is 0 Å². The van der Waals surface area contributed by atoms with Crippen molar-refractivity contribution in [2.24, 2.45) is 0 Å². The van der Waals surface area contributed by atoms with Crippen LogP contribution in [0.5, 0.6) is 11.9 Å². The molecule has 4 N–H and O–H groups in total. The van der Waals surface area contributed by atoms with E-state index in [9.17, 15) is 0 Å². The van der Waals surface area contributed by atoms with E-state index in [2.05, 4.69) is 20.2 Å². The number of nitrogen functional groups attached to an aromatic ring is 1. The SMILES string of the molecule is Cc1cc(Oc2nc3ccc(N)cc3[nH]2)n[nH]1. The van der Waals surface area contributed by atoms with Crippen LogP contribution in [-0.4, -0.2) is 20.2 Å². The first-order valence-electron chi connectivity index (χ1n) is 5.16. The van der Waals surface area contributed by atoms with Gasteiger partial charge in [0.25, 0.3) is 0 Å². The van der Waals surface area contributed by atoms with Crippen LogP contribution in [0.25, 0.3) is 11.0 Å². The zero-order chi connectivity index (χ0) is 11.8. The largest absolute Gasteiger partial charge is 0.405 e. The average Bonchev–Trinajstić information content (AvgIpc) is 2.84. The Hall–Kier alpha value is -2.50. The van der Waals surface area contributed by atoms with Crippen molar-refractivity contribution in [3.8, 4) is 11.9 Å². The molecule has 0 bridgehead atoms. The first-order valence-corrected chi connectivity index (χ1v) is 5.16. The van der Waals surface area contributed by atoms with Crippen LogP contribution in [0.3, 0.4) is 0 Å². The summed E-state index contributed by atoms with van der Waals surface area (Å²) in [5.74, 6) is 0.481. The van der Waals surface area contributed by atoms with E-state index in [4.69, 9.17) is 10.5 Å². The molecular weight excluding hydrogens is 218 g/mol. The van der Waals surface area contributed by atoms with Crippen molar-refractivity contribution in [1.29, 1.82) is 0 Å². The second-order valence-corrected chi connectivity index (χ2v) is 3.81. The molecule has 0 radical (unpaired) electrons. The Labute approximate surface area is 96.8 Å². The molecule has 0 saturated carbocycles. The molecule has 0 saturated heterocycles. The minimum absolute atomic E-state index is 0.400. The van der Waals surface area contributed by atoms with Gasteiger partial charge in [-0.05, 0) is 25.1 Å². The van der Waals surface area contributed by atoms with E-state index < -0.39 is 0 Å². The molecule has 2 heterocycles. The van der Waals surface area contributed by atoms with E-state index in [1.165, 1.54) is 0 Å². The molecule has 0 amide bonds. The molecule has 0 aliphatic rings. The van der Waals surface area contributed by atoms with E-state index in [-0.39, 0.29) is 0 Å². The lowest BCUT2D eigenvalue weighted by atomic mass is 10.3. The maximum absolute atomic E-state index is 5.68. The van der Waals surface area contributed by atoms with E-state index in [1.54, 1.807) is 12.1 Å². The third-order valence-corrected chi connectivity index (χ3v) is 2.37. The number of benzene rings is 1. The fraction of sp³-hybridized carbons (Fsp3) is 0.0909. The van der Waals surface area contributed by atoms with Gasteiger partial charge in [0.15, 0.2) is 0 Å². The molecule has 3 aromatic rings. The zero-order valence-electron chi connectivity index (χ0n) is 9.19. The highest BCUT2D eigenvalue weighted by molar-refractivity contribution is 5.79. The fourth-order valence-corrected chi connectivity index (χ4v) is 1.60. The Morgan fingerprint density at radius 1 is 1.29 bits per heavy atom. The van der Waals surface area contributed by atoms with Gasteiger partial charge in [-0.15, -0.1) is 5.10 Å². The molecule has 0 spiro atoms. The molecule has 17 heavy (non-hydrogen) atoms. The van der Waals surface area contributed by atoms with Crippen LogP contribution >= 0.6 is 0 Å². The summed E-state index contributed by atoms with van der Waals surface area (Å²) in [6.45, 7) is 1.90. The van der Waals surface area contributed by atoms with Gasteiger partial charge in [-0.25, -0.2) is 0 Å². The zero-order valence-corrected chi connectivity index (χ0v) is 9.19. The molecule has 0 fully saturated rings. The Kier molecular flexibility index (Phi) is 2.01. The summed E-state index contributed by atoms with van der Waals surface area (Å²) in [6, 6.07) is 7.64. The van der Waals surface area contributed by atoms with Crippen LogP contribution in [0.4, 0.5) is 5.69 Å². The lowest BCUT2D eigenvalue weighted by Crippen LogP contribution is -1.85. The molecule has 2 aromatic heterocycles. The number of H-pyrrole nitrogens is 2. The number of aryl methyl sites for hydroxylation is 1. The van der Waals surface area contributed by atoms with Crippen molar-refractivity contribution in [2.45, 2.75) is 6.92 Å². The minimum Gasteiger partial charge on any atom is -0.405 e. The van der Waals surface area contributed by atoms with E-state index in [1.807, 2.05) is 19.1 Å². The number of imidazole rings is 1. The van der Waals surface area contributed by atoms with Gasteiger partial charge in [-0.2, -0.15) is 4.98 Å². The van der Waals surface area contributed by atoms with Gasteiger partial charge >= 0.3 is 6.01 Å². The molecule has 1 aromatic carbocycles. The van der Waals surface area contributed by atoms with E-state index in [0.717, 1.165) is 16.7 Å². The number of nitrogens with two attached hydrogens (primary N) is 1. The molecule has 3 rings (SSSR count). The molecule has 86 valence electrons. The highest BCUT2D eigenvalue weighted by atomic mass is 16.5. The predicted octanol–water partition coefficient (Wildman–Crippen LogP) is 1.97. The minimum atomic E-state index is 0.400. The summed E-state index contributed by atoms with van der Waals surface area (Å²) in [5.41, 5.74) is 8.94. The van der Waals surface area contributed by atoms with Gasteiger partial charge in [0.1, 0.15) is 0 Å². The van der Waals surface area contributed by atoms with Crippen LogP contribution in [0, 0.1) is 6.92 Å². The number of aromatic amines is 2. The number of hydrogen-bond donors (Lipinski definition) is 3. The molecule has 0 aliphatic heterocycles. The number of aromatic nitrogens is 4. The Morgan fingerprint density at radius 3 is 2.94 bits per heavy atom. The molecule has 6 heteroatoms. The lowest BCUT2D eigenvalue weighted by molar-refractivity contribution is 0.431. The van der Waals surface area contributed by atoms with Crippen LogP contribution in [0.2, 0.25) is 0 Å². The number of nitrogens with zero attached hydrogens (tertiary/aromatic N) is 2. The summed E-state index contributed by atoms with van der Waals surface area (Å²) in [5, 5.41) is 6.76. The lowest BCUT2D eigenvalue weighted by Gasteiger charge is -1.93. The quantitative estimate of drug-likeness (QED) is 0.586. The summed E-state index contributed by atoms with van der Waals surface area (Å²) >= 11 is 0. The molecule has 0 unspecified atom stereocenters. The first kappa shape index (κ1) is 9.71. The number of fused-ring (bicyclic) bond motifs is 1. The van der Waals surface area contributed by atoms with Gasteiger partial charge in [-0.1, -0.05) is 0 Å².